The summed E-state index contributed by atoms with van der Waals surface area (Å²) in [5.74, 6) is 0.864. The summed E-state index contributed by atoms with van der Waals surface area (Å²) < 4.78 is 0. The van der Waals surface area contributed by atoms with E-state index in [1.807, 2.05) is 60.7 Å². The summed E-state index contributed by atoms with van der Waals surface area (Å²) in [6.07, 6.45) is 0. The number of anilines is 1. The number of benzene rings is 3. The minimum atomic E-state index is 0. The lowest BCUT2D eigenvalue weighted by molar-refractivity contribution is -0.353. The van der Waals surface area contributed by atoms with Crippen molar-refractivity contribution in [1.82, 2.24) is 0 Å². The second-order valence-corrected chi connectivity index (χ2v) is 6.34. The quantitative estimate of drug-likeness (QED) is 0.514. The van der Waals surface area contributed by atoms with Gasteiger partial charge in [0.2, 0.25) is 0 Å². The van der Waals surface area contributed by atoms with Crippen LogP contribution in [0.1, 0.15) is 11.1 Å². The maximum Gasteiger partial charge on any atom is 0.285 e. The smallest absolute Gasteiger partial charge is 0.285 e. The van der Waals surface area contributed by atoms with Gasteiger partial charge in [-0.3, -0.25) is 0 Å². The lowest BCUT2D eigenvalue weighted by Gasteiger charge is -2.06. The Balaban J connectivity index is 0.00000225. The minimum Gasteiger partial charge on any atom is -1.00 e. The third kappa shape index (κ3) is 5.23. The molecule has 0 fully saturated rings. The van der Waals surface area contributed by atoms with Gasteiger partial charge in [-0.25, -0.2) is 10.3 Å². The van der Waals surface area contributed by atoms with Gasteiger partial charge in [-0.15, -0.1) is 0 Å². The van der Waals surface area contributed by atoms with Crippen molar-refractivity contribution in [3.8, 4) is 0 Å². The molecule has 0 amide bonds. The highest BCUT2D eigenvalue weighted by Gasteiger charge is 2.13. The van der Waals surface area contributed by atoms with Crippen molar-refractivity contribution in [2.45, 2.75) is 6.92 Å². The summed E-state index contributed by atoms with van der Waals surface area (Å²) in [6.45, 7) is 2.07. The first-order valence-corrected chi connectivity index (χ1v) is 8.35. The molecule has 0 bridgehead atoms. The fourth-order valence-electron chi connectivity index (χ4n) is 2.40. The first kappa shape index (κ1) is 19.3. The largest absolute Gasteiger partial charge is 1.00 e. The zero-order chi connectivity index (χ0) is 16.9. The number of halogens is 3. The summed E-state index contributed by atoms with van der Waals surface area (Å²) in [5, 5.41) is 4.57. The molecule has 0 spiro atoms. The average Bonchev–Trinajstić information content (AvgIpc) is 2.56. The highest BCUT2D eigenvalue weighted by atomic mass is 35.5. The van der Waals surface area contributed by atoms with Crippen LogP contribution in [0.15, 0.2) is 72.8 Å². The zero-order valence-corrected chi connectivity index (χ0v) is 15.8. The van der Waals surface area contributed by atoms with Gasteiger partial charge in [-0.05, 0) is 36.8 Å². The van der Waals surface area contributed by atoms with Crippen molar-refractivity contribution in [2.75, 3.05) is 5.32 Å². The lowest BCUT2D eigenvalue weighted by atomic mass is 10.1. The molecule has 0 radical (unpaired) electrons. The van der Waals surface area contributed by atoms with Gasteiger partial charge in [0.25, 0.3) is 5.84 Å². The molecule has 0 heterocycles. The van der Waals surface area contributed by atoms with Crippen molar-refractivity contribution < 1.29 is 17.4 Å². The van der Waals surface area contributed by atoms with Crippen LogP contribution in [0, 0.1) is 6.92 Å². The molecule has 0 atom stereocenters. The topological polar surface area (TPSA) is 26.0 Å². The molecule has 0 saturated carbocycles. The number of amidine groups is 1. The minimum absolute atomic E-state index is 0. The monoisotopic (exact) mass is 390 g/mol. The van der Waals surface area contributed by atoms with Gasteiger partial charge in [-0.2, -0.15) is 0 Å². The highest BCUT2D eigenvalue weighted by molar-refractivity contribution is 6.35. The third-order valence-electron chi connectivity index (χ3n) is 3.60. The Labute approximate surface area is 163 Å². The summed E-state index contributed by atoms with van der Waals surface area (Å²) in [4.78, 5) is 3.47. The second-order valence-electron chi connectivity index (χ2n) is 5.46. The Bertz CT molecular complexity index is 857. The van der Waals surface area contributed by atoms with E-state index in [0.29, 0.717) is 10.0 Å². The van der Waals surface area contributed by atoms with Gasteiger partial charge in [0.1, 0.15) is 11.4 Å². The van der Waals surface area contributed by atoms with E-state index in [1.165, 1.54) is 0 Å². The number of nitrogens with one attached hydrogen (secondary N) is 2. The predicted octanol–water partition coefficient (Wildman–Crippen LogP) is 1.58. The molecular formula is C20H17Cl3N2. The summed E-state index contributed by atoms with van der Waals surface area (Å²) in [6, 6.07) is 23.6. The molecule has 0 aliphatic carbocycles. The molecule has 0 saturated heterocycles. The van der Waals surface area contributed by atoms with Crippen LogP contribution in [0.5, 0.6) is 0 Å². The Hall–Kier alpha value is -2.00. The van der Waals surface area contributed by atoms with E-state index >= 15 is 0 Å². The van der Waals surface area contributed by atoms with Gasteiger partial charge in [0, 0.05) is 22.2 Å². The first-order chi connectivity index (χ1) is 11.6. The standard InChI is InChI=1S/C20H16Cl2N2.ClH/c1-14-7-5-6-10-19(14)24-20(15-8-3-2-4-9-15)23-18-12-16(21)11-17(22)13-18;/h2-13H,1H3,(H,23,24);1H. The molecule has 0 aliphatic heterocycles. The van der Waals surface area contributed by atoms with Crippen molar-refractivity contribution in [2.24, 2.45) is 0 Å². The van der Waals surface area contributed by atoms with Crippen LogP contribution in [0.3, 0.4) is 0 Å². The molecule has 25 heavy (non-hydrogen) atoms. The van der Waals surface area contributed by atoms with Gasteiger partial charge in [0.05, 0.1) is 5.56 Å². The summed E-state index contributed by atoms with van der Waals surface area (Å²) in [5.41, 5.74) is 4.07. The lowest BCUT2D eigenvalue weighted by Crippen LogP contribution is -3.00. The average molecular weight is 392 g/mol. The molecule has 0 aromatic heterocycles. The van der Waals surface area contributed by atoms with Crippen LogP contribution in [0.2, 0.25) is 10.0 Å². The predicted molar refractivity (Wildman–Crippen MR) is 102 cm³/mol. The molecular weight excluding hydrogens is 375 g/mol. The van der Waals surface area contributed by atoms with E-state index in [4.69, 9.17) is 23.2 Å². The third-order valence-corrected chi connectivity index (χ3v) is 4.04. The highest BCUT2D eigenvalue weighted by Crippen LogP contribution is 2.22. The zero-order valence-electron chi connectivity index (χ0n) is 13.6. The summed E-state index contributed by atoms with van der Waals surface area (Å²) in [7, 11) is 0. The fourth-order valence-corrected chi connectivity index (χ4v) is 2.92. The van der Waals surface area contributed by atoms with E-state index in [-0.39, 0.29) is 12.4 Å². The van der Waals surface area contributed by atoms with Crippen LogP contribution < -0.4 is 22.7 Å². The van der Waals surface area contributed by atoms with Crippen LogP contribution in [0.25, 0.3) is 0 Å². The molecule has 0 aliphatic rings. The van der Waals surface area contributed by atoms with E-state index in [9.17, 15) is 0 Å². The molecule has 2 nitrogen and oxygen atoms in total. The molecule has 3 aromatic carbocycles. The number of hydrogen-bond acceptors (Lipinski definition) is 0. The number of hydrogen-bond donors (Lipinski definition) is 2. The Morgan fingerprint density at radius 2 is 1.44 bits per heavy atom. The maximum absolute atomic E-state index is 6.11. The number of aryl methyl sites for hydroxylation is 1. The Kier molecular flexibility index (Phi) is 6.89. The van der Waals surface area contributed by atoms with Gasteiger partial charge in [-0.1, -0.05) is 59.6 Å². The molecule has 2 N–H and O–H groups in total. The maximum atomic E-state index is 6.11. The summed E-state index contributed by atoms with van der Waals surface area (Å²) >= 11 is 12.2. The molecule has 0 unspecified atom stereocenters. The van der Waals surface area contributed by atoms with Gasteiger partial charge in [0.15, 0.2) is 0 Å². The van der Waals surface area contributed by atoms with Gasteiger partial charge < -0.3 is 12.4 Å². The molecule has 128 valence electrons. The SMILES string of the molecule is Cc1ccccc1[NH+]=C(Nc1cc(Cl)cc(Cl)c1)c1ccccc1.[Cl-]. The second kappa shape index (κ2) is 8.91. The fraction of sp³-hybridized carbons (Fsp3) is 0.0500. The Morgan fingerprint density at radius 1 is 0.840 bits per heavy atom. The van der Waals surface area contributed by atoms with Crippen LogP contribution in [0.4, 0.5) is 11.4 Å². The van der Waals surface area contributed by atoms with Crippen molar-refractivity contribution >= 4 is 40.4 Å². The van der Waals surface area contributed by atoms with Gasteiger partial charge >= 0.3 is 0 Å². The van der Waals surface area contributed by atoms with E-state index < -0.39 is 0 Å². The Morgan fingerprint density at radius 3 is 2.08 bits per heavy atom. The van der Waals surface area contributed by atoms with E-state index in [2.05, 4.69) is 23.3 Å². The normalized spacial score (nSPS) is 10.9. The molecule has 5 heteroatoms. The van der Waals surface area contributed by atoms with E-state index in [0.717, 1.165) is 28.3 Å². The first-order valence-electron chi connectivity index (χ1n) is 7.60. The van der Waals surface area contributed by atoms with Crippen molar-refractivity contribution in [1.29, 1.82) is 0 Å². The van der Waals surface area contributed by atoms with Crippen LogP contribution in [-0.2, 0) is 0 Å². The van der Waals surface area contributed by atoms with Crippen molar-refractivity contribution in [3.05, 3.63) is 94.0 Å². The molecule has 3 aromatic rings. The number of rotatable bonds is 3. The van der Waals surface area contributed by atoms with Crippen LogP contribution >= 0.6 is 23.2 Å². The number of para-hydroxylation sites is 1. The van der Waals surface area contributed by atoms with Crippen LogP contribution in [-0.4, -0.2) is 5.84 Å². The van der Waals surface area contributed by atoms with E-state index in [1.54, 1.807) is 6.07 Å². The van der Waals surface area contributed by atoms with Crippen molar-refractivity contribution in [3.63, 3.8) is 0 Å². The molecule has 3 rings (SSSR count).